The first-order valence-electron chi connectivity index (χ1n) is 11.5. The van der Waals surface area contributed by atoms with Gasteiger partial charge in [-0.3, -0.25) is 14.4 Å². The number of methoxy groups -OCH3 is 1. The van der Waals surface area contributed by atoms with Crippen LogP contribution in [0.2, 0.25) is 0 Å². The van der Waals surface area contributed by atoms with Gasteiger partial charge >= 0.3 is 0 Å². The minimum Gasteiger partial charge on any atom is -0.491 e. The molecule has 0 aromatic heterocycles. The third kappa shape index (κ3) is 6.36. The highest BCUT2D eigenvalue weighted by Gasteiger charge is 2.29. The van der Waals surface area contributed by atoms with Crippen molar-refractivity contribution in [1.29, 1.82) is 0 Å². The molecule has 0 saturated heterocycles. The molecular weight excluding hydrogens is 453 g/mol. The molecule has 188 valence electrons. The zero-order chi connectivity index (χ0) is 25.7. The molecular formula is C26H32FN3O5. The lowest BCUT2D eigenvalue weighted by atomic mass is 10.0. The monoisotopic (exact) mass is 485 g/mol. The fourth-order valence-electron chi connectivity index (χ4n) is 4.12. The van der Waals surface area contributed by atoms with E-state index in [1.807, 2.05) is 13.8 Å². The van der Waals surface area contributed by atoms with E-state index >= 15 is 0 Å². The van der Waals surface area contributed by atoms with E-state index in [2.05, 4.69) is 5.32 Å². The lowest BCUT2D eigenvalue weighted by Gasteiger charge is -2.35. The Balaban J connectivity index is 1.94. The Morgan fingerprint density at radius 1 is 1.14 bits per heavy atom. The summed E-state index contributed by atoms with van der Waals surface area (Å²) < 4.78 is 25.2. The largest absolute Gasteiger partial charge is 0.491 e. The molecule has 1 aliphatic rings. The van der Waals surface area contributed by atoms with Crippen molar-refractivity contribution < 1.29 is 28.2 Å². The molecule has 3 atom stereocenters. The fourth-order valence-corrected chi connectivity index (χ4v) is 4.12. The summed E-state index contributed by atoms with van der Waals surface area (Å²) in [7, 11) is 3.28. The van der Waals surface area contributed by atoms with E-state index < -0.39 is 11.7 Å². The van der Waals surface area contributed by atoms with Gasteiger partial charge in [0.25, 0.3) is 11.8 Å². The van der Waals surface area contributed by atoms with Gasteiger partial charge in [0.1, 0.15) is 18.2 Å². The smallest absolute Gasteiger partial charge is 0.257 e. The summed E-state index contributed by atoms with van der Waals surface area (Å²) >= 11 is 0. The van der Waals surface area contributed by atoms with Crippen molar-refractivity contribution in [1.82, 2.24) is 9.80 Å². The highest BCUT2D eigenvalue weighted by molar-refractivity contribution is 6.05. The zero-order valence-corrected chi connectivity index (χ0v) is 20.7. The van der Waals surface area contributed by atoms with Crippen molar-refractivity contribution in [3.8, 4) is 5.75 Å². The van der Waals surface area contributed by atoms with Gasteiger partial charge < -0.3 is 24.6 Å². The van der Waals surface area contributed by atoms with Crippen LogP contribution in [0.25, 0.3) is 0 Å². The van der Waals surface area contributed by atoms with E-state index in [-0.39, 0.29) is 47.8 Å². The maximum atomic E-state index is 13.5. The molecule has 35 heavy (non-hydrogen) atoms. The van der Waals surface area contributed by atoms with Crippen LogP contribution in [0.3, 0.4) is 0 Å². The Labute approximate surface area is 205 Å². The molecule has 8 nitrogen and oxygen atoms in total. The number of likely N-dealkylation sites (N-methyl/N-ethyl adjacent to an activating group) is 1. The first kappa shape index (κ1) is 26.2. The maximum absolute atomic E-state index is 13.5. The number of hydrogen-bond donors (Lipinski definition) is 1. The van der Waals surface area contributed by atoms with E-state index in [0.29, 0.717) is 24.3 Å². The van der Waals surface area contributed by atoms with Crippen molar-refractivity contribution in [2.45, 2.75) is 32.9 Å². The van der Waals surface area contributed by atoms with Crippen LogP contribution in [0.15, 0.2) is 42.5 Å². The number of fused-ring (bicyclic) bond motifs is 1. The van der Waals surface area contributed by atoms with Crippen LogP contribution >= 0.6 is 0 Å². The van der Waals surface area contributed by atoms with Crippen LogP contribution in [0.4, 0.5) is 10.1 Å². The van der Waals surface area contributed by atoms with Gasteiger partial charge in [0, 0.05) is 57.4 Å². The maximum Gasteiger partial charge on any atom is 0.257 e. The second-order valence-corrected chi connectivity index (χ2v) is 8.94. The van der Waals surface area contributed by atoms with Crippen molar-refractivity contribution in [3.05, 3.63) is 59.4 Å². The highest BCUT2D eigenvalue weighted by atomic mass is 19.1. The van der Waals surface area contributed by atoms with Crippen molar-refractivity contribution in [3.63, 3.8) is 0 Å². The van der Waals surface area contributed by atoms with E-state index in [0.717, 1.165) is 6.07 Å². The number of benzene rings is 2. The van der Waals surface area contributed by atoms with Gasteiger partial charge in [-0.05, 0) is 37.3 Å². The first-order chi connectivity index (χ1) is 16.6. The molecule has 1 aliphatic heterocycles. The summed E-state index contributed by atoms with van der Waals surface area (Å²) in [4.78, 5) is 41.5. The average Bonchev–Trinajstić information content (AvgIpc) is 2.82. The standard InChI is InChI=1S/C26H32FN3O5/c1-16-13-30(18(3)31)17(2)15-35-23-12-21(28-25(32)19-7-6-8-20(27)11-19)9-10-22(23)26(33)29(4)14-24(16)34-5/h6-12,16-17,24H,13-15H2,1-5H3,(H,28,32)/t16-,17-,24-/m0/s1. The quantitative estimate of drug-likeness (QED) is 0.720. The molecule has 0 unspecified atom stereocenters. The predicted molar refractivity (Wildman–Crippen MR) is 130 cm³/mol. The van der Waals surface area contributed by atoms with Gasteiger partial charge in [0.05, 0.1) is 17.7 Å². The van der Waals surface area contributed by atoms with E-state index in [9.17, 15) is 18.8 Å². The Morgan fingerprint density at radius 3 is 2.54 bits per heavy atom. The number of carbonyl (C=O) groups excluding carboxylic acids is 3. The number of carbonyl (C=O) groups is 3. The molecule has 1 N–H and O–H groups in total. The molecule has 9 heteroatoms. The topological polar surface area (TPSA) is 88.2 Å². The molecule has 2 aromatic rings. The van der Waals surface area contributed by atoms with E-state index in [4.69, 9.17) is 9.47 Å². The predicted octanol–water partition coefficient (Wildman–Crippen LogP) is 3.43. The molecule has 3 rings (SSSR count). The third-order valence-electron chi connectivity index (χ3n) is 6.20. The molecule has 3 amide bonds. The van der Waals surface area contributed by atoms with Crippen LogP contribution in [0.1, 0.15) is 41.5 Å². The number of ether oxygens (including phenoxy) is 2. The lowest BCUT2D eigenvalue weighted by Crippen LogP contribution is -2.48. The Hall–Kier alpha value is -3.46. The van der Waals surface area contributed by atoms with Gasteiger partial charge in [0.15, 0.2) is 0 Å². The summed E-state index contributed by atoms with van der Waals surface area (Å²) in [5.74, 6) is -1.08. The summed E-state index contributed by atoms with van der Waals surface area (Å²) in [6.07, 6.45) is -0.272. The highest BCUT2D eigenvalue weighted by Crippen LogP contribution is 2.27. The second-order valence-electron chi connectivity index (χ2n) is 8.94. The van der Waals surface area contributed by atoms with Crippen LogP contribution in [-0.2, 0) is 9.53 Å². The number of hydrogen-bond acceptors (Lipinski definition) is 5. The van der Waals surface area contributed by atoms with Crippen LogP contribution in [0.5, 0.6) is 5.75 Å². The Bertz CT molecular complexity index is 1090. The van der Waals surface area contributed by atoms with E-state index in [1.165, 1.54) is 25.1 Å². The minimum absolute atomic E-state index is 0.0130. The molecule has 0 fully saturated rings. The molecule has 0 aliphatic carbocycles. The van der Waals surface area contributed by atoms with Crippen molar-refractivity contribution in [2.75, 3.05) is 39.2 Å². The zero-order valence-electron chi connectivity index (χ0n) is 20.7. The normalized spacial score (nSPS) is 21.3. The van der Waals surface area contributed by atoms with Crippen molar-refractivity contribution >= 4 is 23.4 Å². The summed E-state index contributed by atoms with van der Waals surface area (Å²) in [5, 5.41) is 2.71. The molecule has 0 spiro atoms. The number of nitrogens with zero attached hydrogens (tertiary/aromatic N) is 2. The number of amides is 3. The SMILES string of the molecule is CO[C@H]1CN(C)C(=O)c2ccc(NC(=O)c3cccc(F)c3)cc2OC[C@H](C)N(C(C)=O)C[C@@H]1C. The first-order valence-corrected chi connectivity index (χ1v) is 11.5. The van der Waals surface area contributed by atoms with Crippen LogP contribution in [0, 0.1) is 11.7 Å². The van der Waals surface area contributed by atoms with Gasteiger partial charge in [-0.1, -0.05) is 13.0 Å². The number of anilines is 1. The lowest BCUT2D eigenvalue weighted by molar-refractivity contribution is -0.133. The molecule has 1 heterocycles. The summed E-state index contributed by atoms with van der Waals surface area (Å²) in [6.45, 7) is 6.31. The third-order valence-corrected chi connectivity index (χ3v) is 6.20. The van der Waals surface area contributed by atoms with Gasteiger partial charge in [-0.15, -0.1) is 0 Å². The van der Waals surface area contributed by atoms with Gasteiger partial charge in [-0.25, -0.2) is 4.39 Å². The van der Waals surface area contributed by atoms with Gasteiger partial charge in [-0.2, -0.15) is 0 Å². The Morgan fingerprint density at radius 2 is 1.89 bits per heavy atom. The average molecular weight is 486 g/mol. The van der Waals surface area contributed by atoms with Crippen LogP contribution in [-0.4, -0.2) is 73.5 Å². The molecule has 0 bridgehead atoms. The van der Waals surface area contributed by atoms with Gasteiger partial charge in [0.2, 0.25) is 5.91 Å². The Kier molecular flexibility index (Phi) is 8.45. The van der Waals surface area contributed by atoms with Crippen LogP contribution < -0.4 is 10.1 Å². The van der Waals surface area contributed by atoms with E-state index in [1.54, 1.807) is 42.2 Å². The molecule has 2 aromatic carbocycles. The fraction of sp³-hybridized carbons (Fsp3) is 0.423. The minimum atomic E-state index is -0.514. The van der Waals surface area contributed by atoms with Crippen molar-refractivity contribution in [2.24, 2.45) is 5.92 Å². The molecule has 0 radical (unpaired) electrons. The summed E-state index contributed by atoms with van der Waals surface area (Å²) in [6, 6.07) is 9.84. The number of halogens is 1. The number of rotatable bonds is 3. The second kappa shape index (κ2) is 11.3. The molecule has 0 saturated carbocycles. The number of nitrogens with one attached hydrogen (secondary N) is 1. The summed E-state index contributed by atoms with van der Waals surface area (Å²) in [5.41, 5.74) is 0.876.